The largest absolute Gasteiger partial charge is 0.466 e. The highest BCUT2D eigenvalue weighted by atomic mass is 16.5. The predicted octanol–water partition coefficient (Wildman–Crippen LogP) is 0.542. The Balaban J connectivity index is 1.96. The van der Waals surface area contributed by atoms with Crippen LogP contribution in [-0.4, -0.2) is 49.6 Å². The monoisotopic (exact) mass is 242 g/mol. The third-order valence-corrected chi connectivity index (χ3v) is 2.77. The second kappa shape index (κ2) is 8.06. The Labute approximate surface area is 102 Å². The molecule has 1 fully saturated rings. The van der Waals surface area contributed by atoms with Crippen LogP contribution in [0.3, 0.4) is 0 Å². The molecule has 1 saturated heterocycles. The second-order valence-corrected chi connectivity index (χ2v) is 4.17. The highest BCUT2D eigenvalue weighted by molar-refractivity contribution is 5.78. The van der Waals surface area contributed by atoms with Gasteiger partial charge in [-0.05, 0) is 32.7 Å². The molecule has 0 aliphatic carbocycles. The molecule has 0 aromatic heterocycles. The fourth-order valence-electron chi connectivity index (χ4n) is 1.86. The van der Waals surface area contributed by atoms with E-state index in [2.05, 4.69) is 5.32 Å². The lowest BCUT2D eigenvalue weighted by Crippen LogP contribution is -2.36. The van der Waals surface area contributed by atoms with Gasteiger partial charge in [0.15, 0.2) is 0 Å². The molecule has 0 aromatic carbocycles. The minimum atomic E-state index is -0.167. The van der Waals surface area contributed by atoms with Crippen LogP contribution in [0.25, 0.3) is 0 Å². The van der Waals surface area contributed by atoms with E-state index in [9.17, 15) is 9.59 Å². The summed E-state index contributed by atoms with van der Waals surface area (Å²) in [6.07, 6.45) is 3.37. The summed E-state index contributed by atoms with van der Waals surface area (Å²) in [5.41, 5.74) is 0. The molecule has 1 heterocycles. The number of hydrogen-bond donors (Lipinski definition) is 1. The maximum atomic E-state index is 11.6. The molecule has 98 valence electrons. The molecule has 0 unspecified atom stereocenters. The molecule has 5 nitrogen and oxygen atoms in total. The Hall–Kier alpha value is -1.10. The Morgan fingerprint density at radius 3 is 2.65 bits per heavy atom. The number of amides is 1. The van der Waals surface area contributed by atoms with Crippen LogP contribution >= 0.6 is 0 Å². The zero-order valence-corrected chi connectivity index (χ0v) is 10.5. The fourth-order valence-corrected chi connectivity index (χ4v) is 1.86. The van der Waals surface area contributed by atoms with Crippen molar-refractivity contribution in [2.75, 3.05) is 32.8 Å². The quantitative estimate of drug-likeness (QED) is 0.523. The standard InChI is InChI=1S/C12H22N2O3/c1-2-17-12(16)6-5-7-13-10-11(15)14-8-3-4-9-14/h13H,2-10H2,1H3. The topological polar surface area (TPSA) is 58.6 Å². The molecule has 5 heteroatoms. The third kappa shape index (κ3) is 5.68. The van der Waals surface area contributed by atoms with Gasteiger partial charge < -0.3 is 15.0 Å². The molecule has 1 aliphatic heterocycles. The SMILES string of the molecule is CCOC(=O)CCCNCC(=O)N1CCCC1. The summed E-state index contributed by atoms with van der Waals surface area (Å²) >= 11 is 0. The van der Waals surface area contributed by atoms with Crippen LogP contribution in [0.1, 0.15) is 32.6 Å². The Kier molecular flexibility index (Phi) is 6.62. The lowest BCUT2D eigenvalue weighted by Gasteiger charge is -2.15. The van der Waals surface area contributed by atoms with E-state index in [1.165, 1.54) is 0 Å². The van der Waals surface area contributed by atoms with Crippen molar-refractivity contribution < 1.29 is 14.3 Å². The molecule has 0 spiro atoms. The van der Waals surface area contributed by atoms with Crippen molar-refractivity contribution in [2.24, 2.45) is 0 Å². The third-order valence-electron chi connectivity index (χ3n) is 2.77. The molecule has 0 aromatic rings. The van der Waals surface area contributed by atoms with Crippen molar-refractivity contribution in [1.82, 2.24) is 10.2 Å². The van der Waals surface area contributed by atoms with Gasteiger partial charge in [0.1, 0.15) is 0 Å². The lowest BCUT2D eigenvalue weighted by molar-refractivity contribution is -0.143. The summed E-state index contributed by atoms with van der Waals surface area (Å²) in [5.74, 6) is -0.00111. The van der Waals surface area contributed by atoms with E-state index >= 15 is 0 Å². The van der Waals surface area contributed by atoms with Crippen molar-refractivity contribution >= 4 is 11.9 Å². The smallest absolute Gasteiger partial charge is 0.305 e. The van der Waals surface area contributed by atoms with E-state index in [1.54, 1.807) is 6.92 Å². The first-order chi connectivity index (χ1) is 8.24. The summed E-state index contributed by atoms with van der Waals surface area (Å²) in [6, 6.07) is 0. The van der Waals surface area contributed by atoms with Gasteiger partial charge in [-0.1, -0.05) is 0 Å². The number of carbonyl (C=O) groups is 2. The number of esters is 1. The summed E-state index contributed by atoms with van der Waals surface area (Å²) in [4.78, 5) is 24.5. The number of rotatable bonds is 7. The Morgan fingerprint density at radius 2 is 2.00 bits per heavy atom. The van der Waals surface area contributed by atoms with Crippen LogP contribution in [0.5, 0.6) is 0 Å². The van der Waals surface area contributed by atoms with Crippen molar-refractivity contribution in [1.29, 1.82) is 0 Å². The number of likely N-dealkylation sites (tertiary alicyclic amines) is 1. The maximum Gasteiger partial charge on any atom is 0.305 e. The normalized spacial score (nSPS) is 15.0. The zero-order chi connectivity index (χ0) is 12.5. The van der Waals surface area contributed by atoms with Crippen molar-refractivity contribution in [3.63, 3.8) is 0 Å². The van der Waals surface area contributed by atoms with E-state index < -0.39 is 0 Å². The highest BCUT2D eigenvalue weighted by Crippen LogP contribution is 2.06. The van der Waals surface area contributed by atoms with E-state index in [1.807, 2.05) is 4.90 Å². The molecule has 0 saturated carbocycles. The van der Waals surface area contributed by atoms with Crippen molar-refractivity contribution in [2.45, 2.75) is 32.6 Å². The lowest BCUT2D eigenvalue weighted by atomic mass is 10.3. The average Bonchev–Trinajstić information content (AvgIpc) is 2.82. The zero-order valence-electron chi connectivity index (χ0n) is 10.5. The molecule has 1 amide bonds. The summed E-state index contributed by atoms with van der Waals surface area (Å²) in [6.45, 7) is 5.07. The molecule has 0 bridgehead atoms. The molecule has 0 radical (unpaired) electrons. The van der Waals surface area contributed by atoms with Crippen LogP contribution in [0, 0.1) is 0 Å². The van der Waals surface area contributed by atoms with Gasteiger partial charge in [0.25, 0.3) is 0 Å². The van der Waals surface area contributed by atoms with E-state index in [-0.39, 0.29) is 11.9 Å². The van der Waals surface area contributed by atoms with Crippen LogP contribution < -0.4 is 5.32 Å². The number of nitrogens with one attached hydrogen (secondary N) is 1. The molecular weight excluding hydrogens is 220 g/mol. The molecular formula is C12H22N2O3. The number of nitrogens with zero attached hydrogens (tertiary/aromatic N) is 1. The number of carbonyl (C=O) groups excluding carboxylic acids is 2. The van der Waals surface area contributed by atoms with Gasteiger partial charge >= 0.3 is 5.97 Å². The van der Waals surface area contributed by atoms with Gasteiger partial charge in [-0.15, -0.1) is 0 Å². The molecule has 0 atom stereocenters. The fraction of sp³-hybridized carbons (Fsp3) is 0.833. The van der Waals surface area contributed by atoms with Crippen LogP contribution in [0.2, 0.25) is 0 Å². The second-order valence-electron chi connectivity index (χ2n) is 4.17. The first kappa shape index (κ1) is 14.0. The van der Waals surface area contributed by atoms with Crippen molar-refractivity contribution in [3.8, 4) is 0 Å². The van der Waals surface area contributed by atoms with Gasteiger partial charge in [-0.25, -0.2) is 0 Å². The Bertz CT molecular complexity index is 250. The summed E-state index contributed by atoms with van der Waals surface area (Å²) in [7, 11) is 0. The number of ether oxygens (including phenoxy) is 1. The van der Waals surface area contributed by atoms with Gasteiger partial charge in [-0.2, -0.15) is 0 Å². The summed E-state index contributed by atoms with van der Waals surface area (Å²) in [5, 5.41) is 3.06. The van der Waals surface area contributed by atoms with Gasteiger partial charge in [0.2, 0.25) is 5.91 Å². The highest BCUT2D eigenvalue weighted by Gasteiger charge is 2.16. The van der Waals surface area contributed by atoms with Gasteiger partial charge in [-0.3, -0.25) is 9.59 Å². The Morgan fingerprint density at radius 1 is 1.29 bits per heavy atom. The predicted molar refractivity (Wildman–Crippen MR) is 64.6 cm³/mol. The van der Waals surface area contributed by atoms with Crippen molar-refractivity contribution in [3.05, 3.63) is 0 Å². The average molecular weight is 242 g/mol. The van der Waals surface area contributed by atoms with E-state index in [0.29, 0.717) is 32.5 Å². The molecule has 1 N–H and O–H groups in total. The van der Waals surface area contributed by atoms with Gasteiger partial charge in [0.05, 0.1) is 13.2 Å². The summed E-state index contributed by atoms with van der Waals surface area (Å²) < 4.78 is 4.81. The minimum absolute atomic E-state index is 0.165. The molecule has 1 rings (SSSR count). The minimum Gasteiger partial charge on any atom is -0.466 e. The maximum absolute atomic E-state index is 11.6. The molecule has 1 aliphatic rings. The van der Waals surface area contributed by atoms with E-state index in [0.717, 1.165) is 25.9 Å². The first-order valence-corrected chi connectivity index (χ1v) is 6.38. The van der Waals surface area contributed by atoms with Crippen LogP contribution in [0.15, 0.2) is 0 Å². The first-order valence-electron chi connectivity index (χ1n) is 6.38. The van der Waals surface area contributed by atoms with Crippen LogP contribution in [-0.2, 0) is 14.3 Å². The number of hydrogen-bond acceptors (Lipinski definition) is 4. The van der Waals surface area contributed by atoms with Crippen LogP contribution in [0.4, 0.5) is 0 Å². The van der Waals surface area contributed by atoms with E-state index in [4.69, 9.17) is 4.74 Å². The molecule has 17 heavy (non-hydrogen) atoms. The van der Waals surface area contributed by atoms with Gasteiger partial charge in [0, 0.05) is 19.5 Å².